The van der Waals surface area contributed by atoms with Gasteiger partial charge in [0.1, 0.15) is 0 Å². The quantitative estimate of drug-likeness (QED) is 0.765. The van der Waals surface area contributed by atoms with E-state index in [0.29, 0.717) is 5.56 Å². The third-order valence-corrected chi connectivity index (χ3v) is 2.40. The van der Waals surface area contributed by atoms with E-state index in [1.165, 1.54) is 7.11 Å². The van der Waals surface area contributed by atoms with Crippen LogP contribution >= 0.6 is 0 Å². The van der Waals surface area contributed by atoms with Crippen molar-refractivity contribution in [2.24, 2.45) is 5.73 Å². The molecule has 0 heterocycles. The van der Waals surface area contributed by atoms with Crippen LogP contribution in [0.3, 0.4) is 0 Å². The first kappa shape index (κ1) is 11.7. The summed E-state index contributed by atoms with van der Waals surface area (Å²) in [6.07, 6.45) is 1.80. The summed E-state index contributed by atoms with van der Waals surface area (Å²) in [5, 5.41) is 0. The number of benzene rings is 1. The fourth-order valence-corrected chi connectivity index (χ4v) is 1.34. The Bertz CT molecular complexity index is 319. The molecule has 0 fully saturated rings. The molecule has 0 aliphatic carbocycles. The standard InChI is InChI=1S/C12H17NO2/c1-3-11(13)8-9-4-6-10(7-5-9)12(14)15-2/h4-7,11H,3,8,13H2,1-2H3. The van der Waals surface area contributed by atoms with E-state index in [9.17, 15) is 4.79 Å². The lowest BCUT2D eigenvalue weighted by Gasteiger charge is -2.08. The highest BCUT2D eigenvalue weighted by molar-refractivity contribution is 5.89. The van der Waals surface area contributed by atoms with Gasteiger partial charge in [-0.1, -0.05) is 19.1 Å². The minimum atomic E-state index is -0.304. The Hall–Kier alpha value is -1.35. The van der Waals surface area contributed by atoms with Crippen LogP contribution in [0.2, 0.25) is 0 Å². The lowest BCUT2D eigenvalue weighted by atomic mass is 10.0. The number of hydrogen-bond donors (Lipinski definition) is 1. The summed E-state index contributed by atoms with van der Waals surface area (Å²) in [5.74, 6) is -0.304. The number of carbonyl (C=O) groups excluding carboxylic acids is 1. The van der Waals surface area contributed by atoms with Crippen molar-refractivity contribution in [1.82, 2.24) is 0 Å². The lowest BCUT2D eigenvalue weighted by molar-refractivity contribution is 0.0600. The van der Waals surface area contributed by atoms with Crippen molar-refractivity contribution in [2.75, 3.05) is 7.11 Å². The molecule has 1 aromatic rings. The van der Waals surface area contributed by atoms with E-state index >= 15 is 0 Å². The first-order valence-electron chi connectivity index (χ1n) is 5.10. The Morgan fingerprint density at radius 1 is 1.40 bits per heavy atom. The SMILES string of the molecule is CCC(N)Cc1ccc(C(=O)OC)cc1. The average Bonchev–Trinajstić information content (AvgIpc) is 2.29. The molecule has 1 atom stereocenters. The first-order valence-corrected chi connectivity index (χ1v) is 5.10. The van der Waals surface area contributed by atoms with E-state index in [2.05, 4.69) is 11.7 Å². The van der Waals surface area contributed by atoms with Gasteiger partial charge in [0.2, 0.25) is 0 Å². The second-order valence-corrected chi connectivity index (χ2v) is 3.56. The van der Waals surface area contributed by atoms with E-state index in [1.807, 2.05) is 12.1 Å². The van der Waals surface area contributed by atoms with Crippen LogP contribution in [-0.4, -0.2) is 19.1 Å². The summed E-state index contributed by atoms with van der Waals surface area (Å²) in [7, 11) is 1.38. The van der Waals surface area contributed by atoms with E-state index in [1.54, 1.807) is 12.1 Å². The van der Waals surface area contributed by atoms with E-state index in [0.717, 1.165) is 18.4 Å². The molecule has 0 saturated heterocycles. The number of nitrogens with two attached hydrogens (primary N) is 1. The molecular formula is C12H17NO2. The molecule has 3 nitrogen and oxygen atoms in total. The molecule has 1 aromatic carbocycles. The summed E-state index contributed by atoms with van der Waals surface area (Å²) in [6, 6.07) is 7.56. The van der Waals surface area contributed by atoms with E-state index < -0.39 is 0 Å². The maximum atomic E-state index is 11.2. The molecule has 82 valence electrons. The highest BCUT2D eigenvalue weighted by atomic mass is 16.5. The van der Waals surface area contributed by atoms with Crippen molar-refractivity contribution in [3.8, 4) is 0 Å². The summed E-state index contributed by atoms with van der Waals surface area (Å²) in [5.41, 5.74) is 7.56. The number of rotatable bonds is 4. The number of esters is 1. The maximum absolute atomic E-state index is 11.2. The van der Waals surface area contributed by atoms with Crippen molar-refractivity contribution in [1.29, 1.82) is 0 Å². The van der Waals surface area contributed by atoms with Gasteiger partial charge in [-0.25, -0.2) is 4.79 Å². The summed E-state index contributed by atoms with van der Waals surface area (Å²) < 4.78 is 4.61. The second-order valence-electron chi connectivity index (χ2n) is 3.56. The van der Waals surface area contributed by atoms with Crippen molar-refractivity contribution >= 4 is 5.97 Å². The van der Waals surface area contributed by atoms with Crippen LogP contribution < -0.4 is 5.73 Å². The van der Waals surface area contributed by atoms with Crippen LogP contribution in [0.15, 0.2) is 24.3 Å². The Morgan fingerprint density at radius 3 is 2.47 bits per heavy atom. The smallest absolute Gasteiger partial charge is 0.337 e. The second kappa shape index (κ2) is 5.51. The molecule has 3 heteroatoms. The topological polar surface area (TPSA) is 52.3 Å². The Balaban J connectivity index is 2.68. The van der Waals surface area contributed by atoms with Gasteiger partial charge in [-0.2, -0.15) is 0 Å². The minimum absolute atomic E-state index is 0.189. The van der Waals surface area contributed by atoms with Gasteiger partial charge in [0, 0.05) is 6.04 Å². The van der Waals surface area contributed by atoms with Crippen LogP contribution in [0.1, 0.15) is 29.3 Å². The number of ether oxygens (including phenoxy) is 1. The lowest BCUT2D eigenvalue weighted by Crippen LogP contribution is -2.21. The maximum Gasteiger partial charge on any atom is 0.337 e. The van der Waals surface area contributed by atoms with Gasteiger partial charge in [-0.15, -0.1) is 0 Å². The molecule has 0 saturated carbocycles. The zero-order valence-electron chi connectivity index (χ0n) is 9.19. The van der Waals surface area contributed by atoms with Gasteiger partial charge in [-0.05, 0) is 30.5 Å². The van der Waals surface area contributed by atoms with Crippen LogP contribution in [0.4, 0.5) is 0 Å². The van der Waals surface area contributed by atoms with Crippen molar-refractivity contribution < 1.29 is 9.53 Å². The molecule has 0 aliphatic rings. The third-order valence-electron chi connectivity index (χ3n) is 2.40. The fourth-order valence-electron chi connectivity index (χ4n) is 1.34. The van der Waals surface area contributed by atoms with Crippen molar-refractivity contribution in [2.45, 2.75) is 25.8 Å². The van der Waals surface area contributed by atoms with Crippen LogP contribution in [0.5, 0.6) is 0 Å². The van der Waals surface area contributed by atoms with Crippen molar-refractivity contribution in [3.63, 3.8) is 0 Å². The van der Waals surface area contributed by atoms with Crippen LogP contribution in [0.25, 0.3) is 0 Å². The predicted molar refractivity (Wildman–Crippen MR) is 59.8 cm³/mol. The highest BCUT2D eigenvalue weighted by Crippen LogP contribution is 2.08. The van der Waals surface area contributed by atoms with Gasteiger partial charge >= 0.3 is 5.97 Å². The molecule has 0 bridgehead atoms. The monoisotopic (exact) mass is 207 g/mol. The van der Waals surface area contributed by atoms with Crippen LogP contribution in [0, 0.1) is 0 Å². The van der Waals surface area contributed by atoms with Crippen molar-refractivity contribution in [3.05, 3.63) is 35.4 Å². The molecule has 0 spiro atoms. The first-order chi connectivity index (χ1) is 7.17. The zero-order valence-corrected chi connectivity index (χ0v) is 9.19. The molecular weight excluding hydrogens is 190 g/mol. The predicted octanol–water partition coefficient (Wildman–Crippen LogP) is 1.75. The average molecular weight is 207 g/mol. The third kappa shape index (κ3) is 3.36. The normalized spacial score (nSPS) is 12.2. The van der Waals surface area contributed by atoms with E-state index in [4.69, 9.17) is 5.73 Å². The van der Waals surface area contributed by atoms with Gasteiger partial charge < -0.3 is 10.5 Å². The fraction of sp³-hybridized carbons (Fsp3) is 0.417. The highest BCUT2D eigenvalue weighted by Gasteiger charge is 2.05. The number of methoxy groups -OCH3 is 1. The van der Waals surface area contributed by atoms with E-state index in [-0.39, 0.29) is 12.0 Å². The van der Waals surface area contributed by atoms with Gasteiger partial charge in [-0.3, -0.25) is 0 Å². The molecule has 1 rings (SSSR count). The minimum Gasteiger partial charge on any atom is -0.465 e. The summed E-state index contributed by atoms with van der Waals surface area (Å²) in [6.45, 7) is 2.06. The Morgan fingerprint density at radius 2 is 2.00 bits per heavy atom. The number of hydrogen-bond acceptors (Lipinski definition) is 3. The molecule has 15 heavy (non-hydrogen) atoms. The molecule has 0 radical (unpaired) electrons. The zero-order chi connectivity index (χ0) is 11.3. The van der Waals surface area contributed by atoms with Gasteiger partial charge in [0.15, 0.2) is 0 Å². The number of carbonyl (C=O) groups is 1. The molecule has 0 amide bonds. The largest absolute Gasteiger partial charge is 0.465 e. The van der Waals surface area contributed by atoms with Gasteiger partial charge in [0.25, 0.3) is 0 Å². The Labute approximate surface area is 90.2 Å². The molecule has 2 N–H and O–H groups in total. The molecule has 0 aliphatic heterocycles. The van der Waals surface area contributed by atoms with Gasteiger partial charge in [0.05, 0.1) is 12.7 Å². The summed E-state index contributed by atoms with van der Waals surface area (Å²) >= 11 is 0. The Kier molecular flexibility index (Phi) is 4.31. The van der Waals surface area contributed by atoms with Crippen LogP contribution in [-0.2, 0) is 11.2 Å². The summed E-state index contributed by atoms with van der Waals surface area (Å²) in [4.78, 5) is 11.2. The molecule has 0 aromatic heterocycles. The molecule has 1 unspecified atom stereocenters.